The minimum Gasteiger partial charge on any atom is -0.455 e. The molecule has 59 heavy (non-hydrogen) atoms. The first-order valence-corrected chi connectivity index (χ1v) is 20.1. The van der Waals surface area contributed by atoms with E-state index in [-0.39, 0.29) is 5.41 Å². The molecule has 0 N–H and O–H groups in total. The summed E-state index contributed by atoms with van der Waals surface area (Å²) >= 11 is 0. The van der Waals surface area contributed by atoms with Gasteiger partial charge in [0, 0.05) is 60.5 Å². The molecule has 0 unspecified atom stereocenters. The summed E-state index contributed by atoms with van der Waals surface area (Å²) in [6, 6.07) is 64.0. The van der Waals surface area contributed by atoms with Crippen LogP contribution in [0.15, 0.2) is 186 Å². The number of aromatic nitrogens is 4. The van der Waals surface area contributed by atoms with Gasteiger partial charge in [0.15, 0.2) is 17.5 Å². The molecular formula is C54H36N4O. The summed E-state index contributed by atoms with van der Waals surface area (Å²) in [6.07, 6.45) is 0. The second kappa shape index (κ2) is 12.7. The molecule has 0 atom stereocenters. The highest BCUT2D eigenvalue weighted by atomic mass is 16.3. The van der Waals surface area contributed by atoms with Crippen molar-refractivity contribution in [1.29, 1.82) is 0 Å². The molecule has 1 aliphatic rings. The van der Waals surface area contributed by atoms with Crippen LogP contribution in [-0.2, 0) is 5.41 Å². The summed E-state index contributed by atoms with van der Waals surface area (Å²) in [4.78, 5) is 15.3. The molecule has 0 saturated carbocycles. The van der Waals surface area contributed by atoms with E-state index in [1.165, 1.54) is 44.1 Å². The lowest BCUT2D eigenvalue weighted by atomic mass is 9.82. The Morgan fingerprint density at radius 2 is 1.03 bits per heavy atom. The Morgan fingerprint density at radius 3 is 1.81 bits per heavy atom. The molecular weight excluding hydrogens is 721 g/mol. The molecule has 5 nitrogen and oxygen atoms in total. The van der Waals surface area contributed by atoms with Gasteiger partial charge < -0.3 is 8.98 Å². The Kier molecular flexibility index (Phi) is 7.20. The van der Waals surface area contributed by atoms with Crippen LogP contribution in [-0.4, -0.2) is 19.5 Å². The Labute approximate surface area is 340 Å². The fourth-order valence-electron chi connectivity index (χ4n) is 9.40. The van der Waals surface area contributed by atoms with Gasteiger partial charge in [0.05, 0.1) is 11.0 Å². The Hall–Kier alpha value is -7.63. The van der Waals surface area contributed by atoms with E-state index in [9.17, 15) is 0 Å². The van der Waals surface area contributed by atoms with Gasteiger partial charge in [-0.2, -0.15) is 0 Å². The number of nitrogens with zero attached hydrogens (tertiary/aromatic N) is 4. The first-order chi connectivity index (χ1) is 29.0. The van der Waals surface area contributed by atoms with Gasteiger partial charge in [-0.15, -0.1) is 0 Å². The normalized spacial score (nSPS) is 13.1. The SMILES string of the molecule is CC1(C)c2ccccc2-c2c1ccc1c3ccccc3n(-c3ccc(-c4nc(-c5ccccc5)nc(-c5ccc6c(c5)oc5c(-c7ccccc7)cccc56)n4)cc3)c21. The maximum atomic E-state index is 6.62. The lowest BCUT2D eigenvalue weighted by Gasteiger charge is -2.21. The summed E-state index contributed by atoms with van der Waals surface area (Å²) in [6.45, 7) is 4.68. The number of rotatable bonds is 5. The molecule has 12 rings (SSSR count). The van der Waals surface area contributed by atoms with E-state index in [1.54, 1.807) is 0 Å². The van der Waals surface area contributed by atoms with Crippen LogP contribution < -0.4 is 0 Å². The molecule has 0 fully saturated rings. The minimum atomic E-state index is -0.0991. The van der Waals surface area contributed by atoms with Crippen LogP contribution in [0.5, 0.6) is 0 Å². The minimum absolute atomic E-state index is 0.0991. The maximum Gasteiger partial charge on any atom is 0.164 e. The third kappa shape index (κ3) is 5.08. The van der Waals surface area contributed by atoms with Crippen molar-refractivity contribution in [3.05, 3.63) is 193 Å². The molecule has 0 bridgehead atoms. The fraction of sp³-hybridized carbons (Fsp3) is 0.0556. The molecule has 3 heterocycles. The van der Waals surface area contributed by atoms with Gasteiger partial charge in [-0.3, -0.25) is 0 Å². The van der Waals surface area contributed by atoms with Crippen molar-refractivity contribution in [2.75, 3.05) is 0 Å². The fourth-order valence-corrected chi connectivity index (χ4v) is 9.40. The summed E-state index contributed by atoms with van der Waals surface area (Å²) in [5.41, 5.74) is 15.3. The van der Waals surface area contributed by atoms with Crippen molar-refractivity contribution >= 4 is 43.7 Å². The van der Waals surface area contributed by atoms with Crippen LogP contribution in [0, 0.1) is 0 Å². The van der Waals surface area contributed by atoms with E-state index in [0.717, 1.165) is 55.4 Å². The highest BCUT2D eigenvalue weighted by molar-refractivity contribution is 6.16. The van der Waals surface area contributed by atoms with Gasteiger partial charge in [-0.1, -0.05) is 153 Å². The molecule has 5 heteroatoms. The monoisotopic (exact) mass is 756 g/mol. The van der Waals surface area contributed by atoms with Crippen LogP contribution in [0.4, 0.5) is 0 Å². The summed E-state index contributed by atoms with van der Waals surface area (Å²) in [5.74, 6) is 1.81. The largest absolute Gasteiger partial charge is 0.455 e. The third-order valence-corrected chi connectivity index (χ3v) is 12.3. The van der Waals surface area contributed by atoms with Gasteiger partial charge in [-0.25, -0.2) is 15.0 Å². The van der Waals surface area contributed by atoms with Crippen LogP contribution >= 0.6 is 0 Å². The summed E-state index contributed by atoms with van der Waals surface area (Å²) in [5, 5.41) is 4.63. The molecule has 0 spiro atoms. The highest BCUT2D eigenvalue weighted by Crippen LogP contribution is 2.53. The number of hydrogen-bond donors (Lipinski definition) is 0. The summed E-state index contributed by atoms with van der Waals surface area (Å²) in [7, 11) is 0. The van der Waals surface area contributed by atoms with Crippen LogP contribution in [0.2, 0.25) is 0 Å². The predicted octanol–water partition coefficient (Wildman–Crippen LogP) is 13.8. The van der Waals surface area contributed by atoms with E-state index in [2.05, 4.69) is 164 Å². The molecule has 0 saturated heterocycles. The zero-order valence-corrected chi connectivity index (χ0v) is 32.5. The van der Waals surface area contributed by atoms with E-state index in [1.807, 2.05) is 36.4 Å². The number of fused-ring (bicyclic) bond motifs is 10. The molecule has 0 amide bonds. The van der Waals surface area contributed by atoms with Gasteiger partial charge in [0.1, 0.15) is 11.2 Å². The van der Waals surface area contributed by atoms with E-state index in [0.29, 0.717) is 17.5 Å². The average Bonchev–Trinajstić information content (AvgIpc) is 3.92. The van der Waals surface area contributed by atoms with Crippen molar-refractivity contribution < 1.29 is 4.42 Å². The molecule has 0 radical (unpaired) electrons. The maximum absolute atomic E-state index is 6.62. The third-order valence-electron chi connectivity index (χ3n) is 12.3. The van der Waals surface area contributed by atoms with Gasteiger partial charge in [0.2, 0.25) is 0 Å². The molecule has 1 aliphatic carbocycles. The van der Waals surface area contributed by atoms with E-state index < -0.39 is 0 Å². The van der Waals surface area contributed by atoms with Gasteiger partial charge in [0.25, 0.3) is 0 Å². The zero-order valence-electron chi connectivity index (χ0n) is 32.5. The van der Waals surface area contributed by atoms with Crippen molar-refractivity contribution in [3.63, 3.8) is 0 Å². The van der Waals surface area contributed by atoms with E-state index in [4.69, 9.17) is 19.4 Å². The first-order valence-electron chi connectivity index (χ1n) is 20.1. The molecule has 11 aromatic rings. The Morgan fingerprint density at radius 1 is 0.441 bits per heavy atom. The topological polar surface area (TPSA) is 56.7 Å². The van der Waals surface area contributed by atoms with Crippen LogP contribution in [0.3, 0.4) is 0 Å². The number of benzene rings is 8. The first kappa shape index (κ1) is 33.5. The lowest BCUT2D eigenvalue weighted by molar-refractivity contribution is 0.661. The van der Waals surface area contributed by atoms with Crippen molar-refractivity contribution in [2.45, 2.75) is 19.3 Å². The number of para-hydroxylation sites is 2. The lowest BCUT2D eigenvalue weighted by Crippen LogP contribution is -2.14. The molecule has 8 aromatic carbocycles. The molecule has 0 aliphatic heterocycles. The summed E-state index contributed by atoms with van der Waals surface area (Å²) < 4.78 is 9.06. The smallest absolute Gasteiger partial charge is 0.164 e. The Bertz CT molecular complexity index is 3450. The quantitative estimate of drug-likeness (QED) is 0.175. The van der Waals surface area contributed by atoms with Gasteiger partial charge >= 0.3 is 0 Å². The molecule has 3 aromatic heterocycles. The standard InChI is InChI=1S/C54H36N4O/c1-54(2)44-22-11-9-19-43(44)48-45(54)31-30-41-39-18-10-12-23-46(39)58(49(41)48)37-27-24-35(25-28-37)52-55-51(34-16-7-4-8-17-34)56-53(57-52)36-26-29-40-42-21-13-20-38(33-14-5-3-6-15-33)50(42)59-47(40)32-36/h3-32H,1-2H3. The second-order valence-corrected chi connectivity index (χ2v) is 16.0. The van der Waals surface area contributed by atoms with Gasteiger partial charge in [-0.05, 0) is 64.7 Å². The van der Waals surface area contributed by atoms with Crippen molar-refractivity contribution in [3.8, 4) is 62.1 Å². The average molecular weight is 757 g/mol. The predicted molar refractivity (Wildman–Crippen MR) is 241 cm³/mol. The van der Waals surface area contributed by atoms with Crippen LogP contribution in [0.25, 0.3) is 106 Å². The van der Waals surface area contributed by atoms with Crippen LogP contribution in [0.1, 0.15) is 25.0 Å². The molecule has 278 valence electrons. The number of hydrogen-bond acceptors (Lipinski definition) is 4. The van der Waals surface area contributed by atoms with Crippen molar-refractivity contribution in [1.82, 2.24) is 19.5 Å². The zero-order chi connectivity index (χ0) is 39.2. The highest BCUT2D eigenvalue weighted by Gasteiger charge is 2.37. The van der Waals surface area contributed by atoms with E-state index >= 15 is 0 Å². The number of furan rings is 1. The second-order valence-electron chi connectivity index (χ2n) is 16.0. The van der Waals surface area contributed by atoms with Crippen molar-refractivity contribution in [2.24, 2.45) is 0 Å². The Balaban J connectivity index is 1.00.